The van der Waals surface area contributed by atoms with E-state index in [0.717, 1.165) is 26.7 Å². The fourth-order valence-electron chi connectivity index (χ4n) is 2.97. The first kappa shape index (κ1) is 21.3. The predicted molar refractivity (Wildman–Crippen MR) is 118 cm³/mol. The largest absolute Gasteiger partial charge is 0.418 e. The zero-order chi connectivity index (χ0) is 22.0. The molecule has 0 fully saturated rings. The Bertz CT molecular complexity index is 1230. The Labute approximate surface area is 184 Å². The normalized spacial score (nSPS) is 12.6. The van der Waals surface area contributed by atoms with Crippen LogP contribution in [0.4, 0.5) is 18.9 Å². The number of thioether (sulfide) groups is 1. The molecule has 0 saturated carbocycles. The number of alkyl halides is 3. The van der Waals surface area contributed by atoms with E-state index in [2.05, 4.69) is 15.3 Å². The number of nitrogens with one attached hydrogen (secondary N) is 1. The summed E-state index contributed by atoms with van der Waals surface area (Å²) in [7, 11) is 0. The SMILES string of the molecule is CC(Sc1ncnc2sc(-c3ccccc3)cc12)C(=O)Nc1ccccc1C(F)(F)F. The van der Waals surface area contributed by atoms with Crippen molar-refractivity contribution in [1.29, 1.82) is 0 Å². The molecule has 9 heteroatoms. The Morgan fingerprint density at radius 1 is 1.06 bits per heavy atom. The molecule has 2 heterocycles. The Kier molecular flexibility index (Phi) is 5.97. The van der Waals surface area contributed by atoms with Gasteiger partial charge in [-0.05, 0) is 30.7 Å². The maximum absolute atomic E-state index is 13.2. The van der Waals surface area contributed by atoms with Crippen molar-refractivity contribution in [3.05, 3.63) is 72.6 Å². The van der Waals surface area contributed by atoms with Gasteiger partial charge in [-0.1, -0.05) is 54.2 Å². The molecular formula is C22H16F3N3OS2. The molecule has 2 aromatic carbocycles. The summed E-state index contributed by atoms with van der Waals surface area (Å²) in [5.41, 5.74) is -0.0894. The number of anilines is 1. The van der Waals surface area contributed by atoms with Crippen LogP contribution < -0.4 is 5.32 Å². The van der Waals surface area contributed by atoms with Gasteiger partial charge >= 0.3 is 6.18 Å². The second-order valence-corrected chi connectivity index (χ2v) is 9.03. The van der Waals surface area contributed by atoms with Crippen molar-refractivity contribution < 1.29 is 18.0 Å². The molecule has 4 aromatic rings. The average Bonchev–Trinajstić information content (AvgIpc) is 3.19. The van der Waals surface area contributed by atoms with Crippen LogP contribution in [0.2, 0.25) is 0 Å². The minimum absolute atomic E-state index is 0.262. The Hall–Kier alpha value is -2.91. The number of nitrogens with zero attached hydrogens (tertiary/aromatic N) is 2. The minimum Gasteiger partial charge on any atom is -0.325 e. The molecule has 1 N–H and O–H groups in total. The van der Waals surface area contributed by atoms with Crippen LogP contribution in [0.25, 0.3) is 20.7 Å². The number of para-hydroxylation sites is 1. The highest BCUT2D eigenvalue weighted by Gasteiger charge is 2.34. The Morgan fingerprint density at radius 3 is 2.52 bits per heavy atom. The van der Waals surface area contributed by atoms with Gasteiger partial charge < -0.3 is 5.32 Å². The summed E-state index contributed by atoms with van der Waals surface area (Å²) >= 11 is 2.70. The van der Waals surface area contributed by atoms with Gasteiger partial charge in [-0.15, -0.1) is 11.3 Å². The molecule has 0 aliphatic carbocycles. The first-order valence-electron chi connectivity index (χ1n) is 9.26. The van der Waals surface area contributed by atoms with E-state index in [0.29, 0.717) is 5.03 Å². The number of amides is 1. The zero-order valence-corrected chi connectivity index (χ0v) is 17.8. The number of halogens is 3. The van der Waals surface area contributed by atoms with Crippen LogP contribution in [0.5, 0.6) is 0 Å². The van der Waals surface area contributed by atoms with Crippen LogP contribution in [-0.4, -0.2) is 21.1 Å². The molecule has 0 aliphatic rings. The maximum atomic E-state index is 13.2. The van der Waals surface area contributed by atoms with Crippen LogP contribution in [0.1, 0.15) is 12.5 Å². The lowest BCUT2D eigenvalue weighted by Gasteiger charge is -2.16. The van der Waals surface area contributed by atoms with Crippen molar-refractivity contribution in [2.75, 3.05) is 5.32 Å². The second-order valence-electron chi connectivity index (χ2n) is 6.67. The lowest BCUT2D eigenvalue weighted by Crippen LogP contribution is -2.24. The molecule has 1 unspecified atom stereocenters. The number of rotatable bonds is 5. The van der Waals surface area contributed by atoms with Gasteiger partial charge in [-0.3, -0.25) is 4.79 Å². The Morgan fingerprint density at radius 2 is 1.77 bits per heavy atom. The smallest absolute Gasteiger partial charge is 0.325 e. The van der Waals surface area contributed by atoms with Gasteiger partial charge in [0, 0.05) is 10.3 Å². The number of carbonyl (C=O) groups excluding carboxylic acids is 1. The van der Waals surface area contributed by atoms with E-state index >= 15 is 0 Å². The van der Waals surface area contributed by atoms with Crippen molar-refractivity contribution in [2.24, 2.45) is 0 Å². The van der Waals surface area contributed by atoms with Gasteiger partial charge in [0.1, 0.15) is 16.2 Å². The van der Waals surface area contributed by atoms with Crippen molar-refractivity contribution in [3.8, 4) is 10.4 Å². The van der Waals surface area contributed by atoms with Gasteiger partial charge in [0.2, 0.25) is 5.91 Å². The molecular weight excluding hydrogens is 443 g/mol. The monoisotopic (exact) mass is 459 g/mol. The van der Waals surface area contributed by atoms with Gasteiger partial charge in [-0.2, -0.15) is 13.2 Å². The standard InChI is InChI=1S/C22H16F3N3OS2/c1-13(19(29)28-17-10-6-5-9-16(17)22(23,24)25)30-20-15-11-18(14-7-3-2-4-8-14)31-21(15)27-12-26-20/h2-13H,1H3,(H,28,29). The molecule has 31 heavy (non-hydrogen) atoms. The van der Waals surface area contributed by atoms with Crippen LogP contribution >= 0.6 is 23.1 Å². The van der Waals surface area contributed by atoms with Crippen molar-refractivity contribution in [3.63, 3.8) is 0 Å². The molecule has 4 rings (SSSR count). The lowest BCUT2D eigenvalue weighted by molar-refractivity contribution is -0.137. The molecule has 0 bridgehead atoms. The molecule has 2 aromatic heterocycles. The molecule has 1 amide bonds. The summed E-state index contributed by atoms with van der Waals surface area (Å²) in [5, 5.41) is 3.15. The third-order valence-corrected chi connectivity index (χ3v) is 6.71. The number of carbonyl (C=O) groups is 1. The quantitative estimate of drug-likeness (QED) is 0.274. The highest BCUT2D eigenvalue weighted by atomic mass is 32.2. The summed E-state index contributed by atoms with van der Waals surface area (Å²) < 4.78 is 39.6. The van der Waals surface area contributed by atoms with Crippen molar-refractivity contribution in [1.82, 2.24) is 9.97 Å². The summed E-state index contributed by atoms with van der Waals surface area (Å²) in [6.07, 6.45) is -3.12. The van der Waals surface area contributed by atoms with E-state index in [1.165, 1.54) is 47.6 Å². The van der Waals surface area contributed by atoms with Crippen LogP contribution in [0.15, 0.2) is 72.0 Å². The predicted octanol–water partition coefficient (Wildman–Crippen LogP) is 6.50. The fraction of sp³-hybridized carbons (Fsp3) is 0.136. The van der Waals surface area contributed by atoms with Gasteiger partial charge in [0.05, 0.1) is 16.5 Å². The molecule has 0 spiro atoms. The number of aromatic nitrogens is 2. The number of hydrogen-bond donors (Lipinski definition) is 1. The van der Waals surface area contributed by atoms with Gasteiger partial charge in [0.15, 0.2) is 0 Å². The number of thiophene rings is 1. The summed E-state index contributed by atoms with van der Waals surface area (Å²) in [6.45, 7) is 1.63. The summed E-state index contributed by atoms with van der Waals surface area (Å²) in [5.74, 6) is -0.535. The number of hydrogen-bond acceptors (Lipinski definition) is 5. The highest BCUT2D eigenvalue weighted by molar-refractivity contribution is 8.00. The van der Waals surface area contributed by atoms with Gasteiger partial charge in [-0.25, -0.2) is 9.97 Å². The third kappa shape index (κ3) is 4.72. The van der Waals surface area contributed by atoms with Crippen molar-refractivity contribution in [2.45, 2.75) is 23.4 Å². The van der Waals surface area contributed by atoms with Crippen LogP contribution in [0, 0.1) is 0 Å². The first-order valence-corrected chi connectivity index (χ1v) is 11.0. The van der Waals surface area contributed by atoms with Crippen molar-refractivity contribution >= 4 is 44.9 Å². The van der Waals surface area contributed by atoms with E-state index in [1.807, 2.05) is 36.4 Å². The zero-order valence-electron chi connectivity index (χ0n) is 16.2. The van der Waals surface area contributed by atoms with E-state index in [4.69, 9.17) is 0 Å². The summed E-state index contributed by atoms with van der Waals surface area (Å²) in [6, 6.07) is 16.7. The molecule has 1 atom stereocenters. The molecule has 0 aliphatic heterocycles. The molecule has 0 saturated heterocycles. The average molecular weight is 460 g/mol. The van der Waals surface area contributed by atoms with E-state index < -0.39 is 22.9 Å². The third-order valence-electron chi connectivity index (χ3n) is 4.50. The maximum Gasteiger partial charge on any atom is 0.418 e. The lowest BCUT2D eigenvalue weighted by atomic mass is 10.1. The molecule has 0 radical (unpaired) electrons. The van der Waals surface area contributed by atoms with E-state index in [-0.39, 0.29) is 5.69 Å². The van der Waals surface area contributed by atoms with E-state index in [1.54, 1.807) is 6.92 Å². The molecule has 4 nitrogen and oxygen atoms in total. The highest BCUT2D eigenvalue weighted by Crippen LogP contribution is 2.38. The Balaban J connectivity index is 1.56. The van der Waals surface area contributed by atoms with Gasteiger partial charge in [0.25, 0.3) is 0 Å². The fourth-order valence-corrected chi connectivity index (χ4v) is 4.93. The van der Waals surface area contributed by atoms with Crippen LogP contribution in [-0.2, 0) is 11.0 Å². The first-order chi connectivity index (χ1) is 14.8. The number of benzene rings is 2. The minimum atomic E-state index is -4.55. The molecule has 158 valence electrons. The summed E-state index contributed by atoms with van der Waals surface area (Å²) in [4.78, 5) is 23.0. The second kappa shape index (κ2) is 8.68. The topological polar surface area (TPSA) is 54.9 Å². The van der Waals surface area contributed by atoms with E-state index in [9.17, 15) is 18.0 Å². The van der Waals surface area contributed by atoms with Crippen LogP contribution in [0.3, 0.4) is 0 Å². The number of fused-ring (bicyclic) bond motifs is 1.